The Morgan fingerprint density at radius 3 is 2.37 bits per heavy atom. The number of halogens is 1. The zero-order valence-corrected chi connectivity index (χ0v) is 18.8. The Labute approximate surface area is 187 Å². The molecular weight excluding hydrogens is 431 g/mol. The molecule has 0 aromatic heterocycles. The Kier molecular flexibility index (Phi) is 4.63. The third-order valence-corrected chi connectivity index (χ3v) is 7.38. The Hall–Kier alpha value is -2.39. The van der Waals surface area contributed by atoms with Crippen molar-refractivity contribution in [3.8, 4) is 11.1 Å². The molecule has 0 aliphatic heterocycles. The van der Waals surface area contributed by atoms with E-state index in [9.17, 15) is 4.79 Å². The molecule has 30 heavy (non-hydrogen) atoms. The van der Waals surface area contributed by atoms with Gasteiger partial charge in [-0.15, -0.1) is 0 Å². The Balaban J connectivity index is 1.58. The second-order valence-corrected chi connectivity index (χ2v) is 9.77. The quantitative estimate of drug-likeness (QED) is 0.430. The standard InChI is InChI=1S/C27H22BBrO/c1-27(2)23-9-5-3-8-20(23)22-15-26(29)21(14-24(22)27)17-11-16(12-18(30)13-17)19-7-4-6-10-25(19)28/h3-10,12,14-15,17H,11,13H2,1-2H3. The molecule has 146 valence electrons. The third kappa shape index (κ3) is 3.03. The van der Waals surface area contributed by atoms with Crippen LogP contribution in [0.1, 0.15) is 54.9 Å². The van der Waals surface area contributed by atoms with Crippen molar-refractivity contribution in [3.63, 3.8) is 0 Å². The minimum Gasteiger partial charge on any atom is -0.295 e. The summed E-state index contributed by atoms with van der Waals surface area (Å²) in [7, 11) is 6.21. The SMILES string of the molecule is [B]c1ccccc1C1=CC(=O)CC(c2cc3c(cc2Br)-c2ccccc2C3(C)C)C1. The van der Waals surface area contributed by atoms with Crippen molar-refractivity contribution in [2.75, 3.05) is 0 Å². The van der Waals surface area contributed by atoms with Gasteiger partial charge in [-0.05, 0) is 63.4 Å². The highest BCUT2D eigenvalue weighted by Crippen LogP contribution is 2.51. The fraction of sp³-hybridized carbons (Fsp3) is 0.222. The number of hydrogen-bond donors (Lipinski definition) is 0. The Morgan fingerprint density at radius 2 is 1.60 bits per heavy atom. The maximum atomic E-state index is 12.7. The highest BCUT2D eigenvalue weighted by atomic mass is 79.9. The van der Waals surface area contributed by atoms with E-state index in [2.05, 4.69) is 66.2 Å². The summed E-state index contributed by atoms with van der Waals surface area (Å²) in [5.74, 6) is 0.302. The molecule has 3 aromatic carbocycles. The predicted molar refractivity (Wildman–Crippen MR) is 128 cm³/mol. The number of benzene rings is 3. The van der Waals surface area contributed by atoms with Gasteiger partial charge in [-0.2, -0.15) is 0 Å². The lowest BCUT2D eigenvalue weighted by Crippen LogP contribution is -2.18. The van der Waals surface area contributed by atoms with Gasteiger partial charge in [0.25, 0.3) is 0 Å². The molecule has 5 rings (SSSR count). The second kappa shape index (κ2) is 7.09. The van der Waals surface area contributed by atoms with Gasteiger partial charge in [0.05, 0.1) is 0 Å². The van der Waals surface area contributed by atoms with E-state index < -0.39 is 0 Å². The van der Waals surface area contributed by atoms with Crippen molar-refractivity contribution < 1.29 is 4.79 Å². The van der Waals surface area contributed by atoms with Gasteiger partial charge in [0, 0.05) is 16.3 Å². The van der Waals surface area contributed by atoms with Gasteiger partial charge in [0.2, 0.25) is 0 Å². The molecule has 0 heterocycles. The van der Waals surface area contributed by atoms with E-state index in [4.69, 9.17) is 7.85 Å². The second-order valence-electron chi connectivity index (χ2n) is 8.92. The van der Waals surface area contributed by atoms with Crippen LogP contribution >= 0.6 is 15.9 Å². The minimum atomic E-state index is -0.0530. The number of fused-ring (bicyclic) bond motifs is 3. The molecule has 0 saturated carbocycles. The molecule has 3 heteroatoms. The number of carbonyl (C=O) groups is 1. The lowest BCUT2D eigenvalue weighted by Gasteiger charge is -2.27. The average Bonchev–Trinajstić information content (AvgIpc) is 2.94. The first-order valence-corrected chi connectivity index (χ1v) is 11.2. The number of allylic oxidation sites excluding steroid dienone is 2. The molecule has 1 nitrogen and oxygen atoms in total. The summed E-state index contributed by atoms with van der Waals surface area (Å²) in [4.78, 5) is 12.7. The van der Waals surface area contributed by atoms with E-state index in [-0.39, 0.29) is 17.1 Å². The van der Waals surface area contributed by atoms with Gasteiger partial charge < -0.3 is 0 Å². The smallest absolute Gasteiger partial charge is 0.156 e. The average molecular weight is 453 g/mol. The number of rotatable bonds is 2. The molecule has 0 N–H and O–H groups in total. The first-order valence-electron chi connectivity index (χ1n) is 10.4. The van der Waals surface area contributed by atoms with Gasteiger partial charge in [-0.1, -0.05) is 89.8 Å². The van der Waals surface area contributed by atoms with E-state index in [1.54, 1.807) is 6.08 Å². The van der Waals surface area contributed by atoms with Crippen LogP contribution in [0.3, 0.4) is 0 Å². The summed E-state index contributed by atoms with van der Waals surface area (Å²) in [5, 5.41) is 0. The van der Waals surface area contributed by atoms with Gasteiger partial charge in [-0.25, -0.2) is 0 Å². The Bertz CT molecular complexity index is 1220. The number of hydrogen-bond acceptors (Lipinski definition) is 1. The van der Waals surface area contributed by atoms with Crippen molar-refractivity contribution >= 4 is 40.6 Å². The van der Waals surface area contributed by atoms with Crippen molar-refractivity contribution in [1.29, 1.82) is 0 Å². The largest absolute Gasteiger partial charge is 0.295 e. The van der Waals surface area contributed by atoms with Crippen molar-refractivity contribution in [2.45, 2.75) is 38.0 Å². The Morgan fingerprint density at radius 1 is 0.900 bits per heavy atom. The molecular formula is C27H22BBrO. The monoisotopic (exact) mass is 452 g/mol. The fourth-order valence-corrected chi connectivity index (χ4v) is 5.81. The molecule has 0 amide bonds. The molecule has 0 fully saturated rings. The topological polar surface area (TPSA) is 17.1 Å². The maximum Gasteiger partial charge on any atom is 0.156 e. The molecule has 2 aliphatic carbocycles. The zero-order chi connectivity index (χ0) is 21.0. The van der Waals surface area contributed by atoms with Gasteiger partial charge in [0.15, 0.2) is 5.78 Å². The van der Waals surface area contributed by atoms with Crippen LogP contribution in [0, 0.1) is 0 Å². The lowest BCUT2D eigenvalue weighted by molar-refractivity contribution is -0.115. The van der Waals surface area contributed by atoms with Crippen LogP contribution in [-0.2, 0) is 10.2 Å². The van der Waals surface area contributed by atoms with Crippen LogP contribution in [0.4, 0.5) is 0 Å². The summed E-state index contributed by atoms with van der Waals surface area (Å²) in [6, 6.07) is 21.0. The van der Waals surface area contributed by atoms with Crippen LogP contribution in [-0.4, -0.2) is 13.6 Å². The summed E-state index contributed by atoms with van der Waals surface area (Å²) >= 11 is 3.83. The van der Waals surface area contributed by atoms with E-state index in [1.165, 1.54) is 27.8 Å². The zero-order valence-electron chi connectivity index (χ0n) is 17.2. The number of ketones is 1. The number of carbonyl (C=O) groups excluding carboxylic acids is 1. The minimum absolute atomic E-state index is 0.0530. The van der Waals surface area contributed by atoms with Crippen molar-refractivity contribution in [3.05, 3.63) is 93.5 Å². The van der Waals surface area contributed by atoms with E-state index in [0.29, 0.717) is 6.42 Å². The first kappa shape index (κ1) is 19.6. The van der Waals surface area contributed by atoms with Gasteiger partial charge >= 0.3 is 0 Å². The van der Waals surface area contributed by atoms with E-state index in [0.717, 1.165) is 27.5 Å². The maximum absolute atomic E-state index is 12.7. The molecule has 1 unspecified atom stereocenters. The predicted octanol–water partition coefficient (Wildman–Crippen LogP) is 6.08. The van der Waals surface area contributed by atoms with Crippen LogP contribution in [0.15, 0.2) is 71.2 Å². The van der Waals surface area contributed by atoms with Gasteiger partial charge in [0.1, 0.15) is 7.85 Å². The van der Waals surface area contributed by atoms with Crippen molar-refractivity contribution in [1.82, 2.24) is 0 Å². The first-order chi connectivity index (χ1) is 14.4. The normalized spacial score (nSPS) is 19.2. The summed E-state index contributed by atoms with van der Waals surface area (Å²) in [6.45, 7) is 4.58. The molecule has 0 saturated heterocycles. The van der Waals surface area contributed by atoms with Gasteiger partial charge in [-0.3, -0.25) is 4.79 Å². The molecule has 0 bridgehead atoms. The molecule has 2 radical (unpaired) electrons. The van der Waals surface area contributed by atoms with Crippen LogP contribution in [0.5, 0.6) is 0 Å². The summed E-state index contributed by atoms with van der Waals surface area (Å²) in [5.41, 5.74) is 9.18. The lowest BCUT2D eigenvalue weighted by atomic mass is 9.76. The highest BCUT2D eigenvalue weighted by molar-refractivity contribution is 9.10. The molecule has 3 aromatic rings. The summed E-state index contributed by atoms with van der Waals surface area (Å²) < 4.78 is 1.08. The fourth-order valence-electron chi connectivity index (χ4n) is 5.14. The third-order valence-electron chi connectivity index (χ3n) is 6.70. The molecule has 0 spiro atoms. The molecule has 2 aliphatic rings. The summed E-state index contributed by atoms with van der Waals surface area (Å²) in [6.07, 6.45) is 3.12. The van der Waals surface area contributed by atoms with Crippen LogP contribution in [0.25, 0.3) is 16.7 Å². The van der Waals surface area contributed by atoms with E-state index in [1.807, 2.05) is 24.3 Å². The van der Waals surface area contributed by atoms with E-state index >= 15 is 0 Å². The van der Waals surface area contributed by atoms with Crippen molar-refractivity contribution in [2.24, 2.45) is 0 Å². The van der Waals surface area contributed by atoms with Crippen LogP contribution < -0.4 is 5.46 Å². The highest BCUT2D eigenvalue weighted by Gasteiger charge is 2.37. The van der Waals surface area contributed by atoms with Crippen LogP contribution in [0.2, 0.25) is 0 Å². The molecule has 1 atom stereocenters.